The highest BCUT2D eigenvalue weighted by atomic mass is 16.5. The van der Waals surface area contributed by atoms with Crippen LogP contribution in [0.25, 0.3) is 0 Å². The molecule has 0 saturated carbocycles. The second-order valence-corrected chi connectivity index (χ2v) is 5.55. The summed E-state index contributed by atoms with van der Waals surface area (Å²) in [6, 6.07) is 13.6. The Balaban J connectivity index is 1.91. The van der Waals surface area contributed by atoms with Gasteiger partial charge in [-0.15, -0.1) is 0 Å². The van der Waals surface area contributed by atoms with Gasteiger partial charge in [-0.25, -0.2) is 0 Å². The van der Waals surface area contributed by atoms with E-state index < -0.39 is 0 Å². The van der Waals surface area contributed by atoms with Crippen LogP contribution in [-0.2, 0) is 4.79 Å². The minimum absolute atomic E-state index is 0.000273. The van der Waals surface area contributed by atoms with Crippen LogP contribution < -0.4 is 15.0 Å². The molecule has 2 aromatic rings. The van der Waals surface area contributed by atoms with Crippen LogP contribution in [0.1, 0.15) is 11.1 Å². The molecule has 0 atom stereocenters. The first-order valence-electron chi connectivity index (χ1n) is 7.23. The van der Waals surface area contributed by atoms with E-state index in [-0.39, 0.29) is 12.5 Å². The molecule has 4 nitrogen and oxygen atoms in total. The average molecular weight is 298 g/mol. The number of amides is 1. The lowest BCUT2D eigenvalue weighted by atomic mass is 10.1. The van der Waals surface area contributed by atoms with Gasteiger partial charge < -0.3 is 15.0 Å². The Hall–Kier alpha value is -2.49. The van der Waals surface area contributed by atoms with Gasteiger partial charge >= 0.3 is 0 Å². The fraction of sp³-hybridized carbons (Fsp3) is 0.278. The summed E-state index contributed by atoms with van der Waals surface area (Å²) in [6.45, 7) is 3.96. The van der Waals surface area contributed by atoms with Crippen LogP contribution in [0.15, 0.2) is 42.5 Å². The molecule has 2 aromatic carbocycles. The number of rotatable bonds is 5. The number of nitrogens with one attached hydrogen (secondary N) is 1. The van der Waals surface area contributed by atoms with Crippen molar-refractivity contribution in [2.24, 2.45) is 0 Å². The summed E-state index contributed by atoms with van der Waals surface area (Å²) in [6.07, 6.45) is 0. The van der Waals surface area contributed by atoms with Crippen LogP contribution in [0.2, 0.25) is 0 Å². The number of hydrogen-bond acceptors (Lipinski definition) is 3. The fourth-order valence-corrected chi connectivity index (χ4v) is 2.05. The molecule has 0 spiro atoms. The van der Waals surface area contributed by atoms with Crippen molar-refractivity contribution in [3.05, 3.63) is 53.6 Å². The molecule has 0 unspecified atom stereocenters. The minimum atomic E-state index is -0.168. The number of nitrogens with zero attached hydrogens (tertiary/aromatic N) is 1. The summed E-state index contributed by atoms with van der Waals surface area (Å²) in [4.78, 5) is 14.0. The van der Waals surface area contributed by atoms with Gasteiger partial charge in [0, 0.05) is 25.5 Å². The highest BCUT2D eigenvalue weighted by Crippen LogP contribution is 2.19. The van der Waals surface area contributed by atoms with Crippen LogP contribution in [0.5, 0.6) is 5.75 Å². The molecule has 116 valence electrons. The number of anilines is 2. The predicted octanol–water partition coefficient (Wildman–Crippen LogP) is 3.39. The summed E-state index contributed by atoms with van der Waals surface area (Å²) in [5.74, 6) is 0.580. The third kappa shape index (κ3) is 4.25. The Morgan fingerprint density at radius 2 is 1.77 bits per heavy atom. The average Bonchev–Trinajstić information content (AvgIpc) is 2.49. The Morgan fingerprint density at radius 1 is 1.09 bits per heavy atom. The van der Waals surface area contributed by atoms with E-state index in [1.165, 1.54) is 0 Å². The zero-order valence-electron chi connectivity index (χ0n) is 13.5. The van der Waals surface area contributed by atoms with Crippen molar-refractivity contribution in [1.82, 2.24) is 0 Å². The topological polar surface area (TPSA) is 41.6 Å². The van der Waals surface area contributed by atoms with Crippen molar-refractivity contribution in [3.63, 3.8) is 0 Å². The van der Waals surface area contributed by atoms with Gasteiger partial charge in [-0.05, 0) is 55.3 Å². The standard InChI is InChI=1S/C18H22N2O2/c1-13-5-6-14(2)17(11-13)22-12-18(21)19-15-7-9-16(10-8-15)20(3)4/h5-11H,12H2,1-4H3,(H,19,21). The van der Waals surface area contributed by atoms with Crippen molar-refractivity contribution < 1.29 is 9.53 Å². The van der Waals surface area contributed by atoms with Crippen molar-refractivity contribution in [2.75, 3.05) is 30.9 Å². The van der Waals surface area contributed by atoms with E-state index in [0.717, 1.165) is 28.3 Å². The molecule has 0 aliphatic rings. The first kappa shape index (κ1) is 15.9. The second kappa shape index (κ2) is 6.98. The van der Waals surface area contributed by atoms with Gasteiger partial charge in [-0.3, -0.25) is 4.79 Å². The third-order valence-corrected chi connectivity index (χ3v) is 3.37. The molecule has 0 heterocycles. The first-order chi connectivity index (χ1) is 10.5. The first-order valence-corrected chi connectivity index (χ1v) is 7.23. The van der Waals surface area contributed by atoms with E-state index in [1.54, 1.807) is 0 Å². The van der Waals surface area contributed by atoms with Gasteiger partial charge in [0.1, 0.15) is 5.75 Å². The molecule has 2 rings (SSSR count). The van der Waals surface area contributed by atoms with Gasteiger partial charge in [0.25, 0.3) is 5.91 Å². The van der Waals surface area contributed by atoms with Gasteiger partial charge in [-0.2, -0.15) is 0 Å². The van der Waals surface area contributed by atoms with Crippen molar-refractivity contribution in [3.8, 4) is 5.75 Å². The van der Waals surface area contributed by atoms with Crippen LogP contribution in [0, 0.1) is 13.8 Å². The highest BCUT2D eigenvalue weighted by Gasteiger charge is 2.06. The molecule has 4 heteroatoms. The number of ether oxygens (including phenoxy) is 1. The van der Waals surface area contributed by atoms with Crippen LogP contribution in [-0.4, -0.2) is 26.6 Å². The van der Waals surface area contributed by atoms with E-state index >= 15 is 0 Å². The molecule has 22 heavy (non-hydrogen) atoms. The summed E-state index contributed by atoms with van der Waals surface area (Å²) >= 11 is 0. The predicted molar refractivity (Wildman–Crippen MR) is 90.8 cm³/mol. The normalized spacial score (nSPS) is 10.2. The largest absolute Gasteiger partial charge is 0.483 e. The number of aryl methyl sites for hydroxylation is 2. The maximum absolute atomic E-state index is 12.0. The smallest absolute Gasteiger partial charge is 0.262 e. The molecule has 0 aliphatic carbocycles. The van der Waals surface area contributed by atoms with Crippen molar-refractivity contribution in [1.29, 1.82) is 0 Å². The molecule has 1 amide bonds. The van der Waals surface area contributed by atoms with Gasteiger partial charge in [0.15, 0.2) is 6.61 Å². The van der Waals surface area contributed by atoms with E-state index in [2.05, 4.69) is 5.32 Å². The molecule has 0 aliphatic heterocycles. The molecule has 0 aromatic heterocycles. The Kier molecular flexibility index (Phi) is 5.04. The zero-order chi connectivity index (χ0) is 16.1. The van der Waals surface area contributed by atoms with E-state index in [9.17, 15) is 4.79 Å². The minimum Gasteiger partial charge on any atom is -0.483 e. The van der Waals surface area contributed by atoms with E-state index in [0.29, 0.717) is 0 Å². The quantitative estimate of drug-likeness (QED) is 0.920. The van der Waals surface area contributed by atoms with Crippen LogP contribution in [0.3, 0.4) is 0 Å². The summed E-state index contributed by atoms with van der Waals surface area (Å²) in [7, 11) is 3.96. The molecule has 0 radical (unpaired) electrons. The summed E-state index contributed by atoms with van der Waals surface area (Å²) in [5, 5.41) is 2.83. The van der Waals surface area contributed by atoms with Gasteiger partial charge in [0.05, 0.1) is 0 Å². The number of carbonyl (C=O) groups excluding carboxylic acids is 1. The Bertz CT molecular complexity index is 649. The molecular formula is C18H22N2O2. The molecule has 1 N–H and O–H groups in total. The van der Waals surface area contributed by atoms with E-state index in [1.807, 2.05) is 75.3 Å². The molecular weight excluding hydrogens is 276 g/mol. The third-order valence-electron chi connectivity index (χ3n) is 3.37. The maximum atomic E-state index is 12.0. The van der Waals surface area contributed by atoms with Crippen molar-refractivity contribution in [2.45, 2.75) is 13.8 Å². The van der Waals surface area contributed by atoms with E-state index in [4.69, 9.17) is 4.74 Å². The van der Waals surface area contributed by atoms with Crippen LogP contribution >= 0.6 is 0 Å². The maximum Gasteiger partial charge on any atom is 0.262 e. The summed E-state index contributed by atoms with van der Waals surface area (Å²) in [5.41, 5.74) is 3.99. The highest BCUT2D eigenvalue weighted by molar-refractivity contribution is 5.92. The lowest BCUT2D eigenvalue weighted by molar-refractivity contribution is -0.118. The molecule has 0 saturated heterocycles. The SMILES string of the molecule is Cc1ccc(C)c(OCC(=O)Nc2ccc(N(C)C)cc2)c1. The zero-order valence-corrected chi connectivity index (χ0v) is 13.5. The second-order valence-electron chi connectivity index (χ2n) is 5.55. The Labute approximate surface area is 131 Å². The number of carbonyl (C=O) groups is 1. The van der Waals surface area contributed by atoms with Gasteiger partial charge in [-0.1, -0.05) is 12.1 Å². The van der Waals surface area contributed by atoms with Gasteiger partial charge in [0.2, 0.25) is 0 Å². The summed E-state index contributed by atoms with van der Waals surface area (Å²) < 4.78 is 5.59. The monoisotopic (exact) mass is 298 g/mol. The van der Waals surface area contributed by atoms with Crippen molar-refractivity contribution >= 4 is 17.3 Å². The number of hydrogen-bond donors (Lipinski definition) is 1. The molecule has 0 fully saturated rings. The fourth-order valence-electron chi connectivity index (χ4n) is 2.05. The lowest BCUT2D eigenvalue weighted by Gasteiger charge is -2.13. The van der Waals surface area contributed by atoms with Crippen LogP contribution in [0.4, 0.5) is 11.4 Å². The number of benzene rings is 2. The molecule has 0 bridgehead atoms. The Morgan fingerprint density at radius 3 is 2.41 bits per heavy atom. The lowest BCUT2D eigenvalue weighted by Crippen LogP contribution is -2.20.